The van der Waals surface area contributed by atoms with E-state index < -0.39 is 0 Å². The summed E-state index contributed by atoms with van der Waals surface area (Å²) in [5, 5.41) is 3.46. The molecule has 0 atom stereocenters. The van der Waals surface area contributed by atoms with E-state index in [1.54, 1.807) is 19.2 Å². The smallest absolute Gasteiger partial charge is 0.339 e. The molecule has 0 bridgehead atoms. The number of nitrogens with one attached hydrogen (secondary N) is 1. The van der Waals surface area contributed by atoms with Gasteiger partial charge in [0, 0.05) is 38.1 Å². The topological polar surface area (TPSA) is 67.3 Å². The Morgan fingerprint density at radius 2 is 2.08 bits per heavy atom. The number of nitrogens with zero attached hydrogens (tertiary/aromatic N) is 3. The van der Waals surface area contributed by atoms with Gasteiger partial charge in [-0.2, -0.15) is 0 Å². The number of hydrogen-bond donors (Lipinski definition) is 1. The van der Waals surface area contributed by atoms with Gasteiger partial charge in [-0.15, -0.1) is 0 Å². The maximum atomic E-state index is 11.6. The monoisotopic (exact) mass is 340 g/mol. The number of anilines is 1. The fourth-order valence-electron chi connectivity index (χ4n) is 2.98. The number of hydrogen-bond acceptors (Lipinski definition) is 6. The van der Waals surface area contributed by atoms with Gasteiger partial charge in [-0.05, 0) is 44.0 Å². The molecule has 0 radical (unpaired) electrons. The van der Waals surface area contributed by atoms with Gasteiger partial charge >= 0.3 is 5.97 Å². The lowest BCUT2D eigenvalue weighted by atomic mass is 10.0. The highest BCUT2D eigenvalue weighted by atomic mass is 16.5. The lowest BCUT2D eigenvalue weighted by molar-refractivity contribution is 0.0526. The van der Waals surface area contributed by atoms with Crippen molar-refractivity contribution in [1.82, 2.24) is 14.9 Å². The van der Waals surface area contributed by atoms with E-state index in [1.165, 1.54) is 0 Å². The van der Waals surface area contributed by atoms with Crippen molar-refractivity contribution in [3.63, 3.8) is 0 Å². The van der Waals surface area contributed by atoms with Gasteiger partial charge in [-0.3, -0.25) is 9.88 Å². The average molecular weight is 340 g/mol. The fraction of sp³-hybridized carbons (Fsp3) is 0.421. The summed E-state index contributed by atoms with van der Waals surface area (Å²) in [5.74, 6) is 0.473. The molecule has 6 heteroatoms. The van der Waals surface area contributed by atoms with Crippen LogP contribution in [-0.4, -0.2) is 46.6 Å². The van der Waals surface area contributed by atoms with Crippen LogP contribution in [0.1, 0.15) is 35.8 Å². The van der Waals surface area contributed by atoms with E-state index in [2.05, 4.69) is 26.3 Å². The van der Waals surface area contributed by atoms with Crippen molar-refractivity contribution in [2.45, 2.75) is 32.4 Å². The minimum atomic E-state index is -0.329. The third-order valence-electron chi connectivity index (χ3n) is 4.33. The highest BCUT2D eigenvalue weighted by molar-refractivity contribution is 5.89. The molecule has 0 spiro atoms. The lowest BCUT2D eigenvalue weighted by Crippen LogP contribution is -2.38. The van der Waals surface area contributed by atoms with Crippen LogP contribution < -0.4 is 5.32 Å². The molecular weight excluding hydrogens is 316 g/mol. The minimum absolute atomic E-state index is 0.329. The first-order chi connectivity index (χ1) is 12.2. The molecule has 3 heterocycles. The van der Waals surface area contributed by atoms with E-state index in [4.69, 9.17) is 4.74 Å². The summed E-state index contributed by atoms with van der Waals surface area (Å²) in [6.45, 7) is 5.14. The van der Waals surface area contributed by atoms with E-state index >= 15 is 0 Å². The molecule has 0 aromatic carbocycles. The van der Waals surface area contributed by atoms with Crippen LogP contribution in [0, 0.1) is 0 Å². The van der Waals surface area contributed by atoms with Gasteiger partial charge < -0.3 is 10.1 Å². The minimum Gasteiger partial charge on any atom is -0.462 e. The summed E-state index contributed by atoms with van der Waals surface area (Å²) >= 11 is 0. The summed E-state index contributed by atoms with van der Waals surface area (Å²) in [6, 6.07) is 10.0. The van der Waals surface area contributed by atoms with Crippen LogP contribution in [0.25, 0.3) is 0 Å². The van der Waals surface area contributed by atoms with Crippen LogP contribution in [0.15, 0.2) is 42.7 Å². The molecular formula is C19H24N4O2. The fourth-order valence-corrected chi connectivity index (χ4v) is 2.98. The summed E-state index contributed by atoms with van der Waals surface area (Å²) in [6.07, 6.45) is 5.54. The number of piperidine rings is 1. The Labute approximate surface area is 148 Å². The van der Waals surface area contributed by atoms with Crippen LogP contribution >= 0.6 is 0 Å². The van der Waals surface area contributed by atoms with E-state index in [9.17, 15) is 4.79 Å². The number of carbonyl (C=O) groups excluding carboxylic acids is 1. The van der Waals surface area contributed by atoms with Crippen LogP contribution in [0.3, 0.4) is 0 Å². The zero-order valence-electron chi connectivity index (χ0n) is 14.5. The van der Waals surface area contributed by atoms with Crippen molar-refractivity contribution in [2.24, 2.45) is 0 Å². The Kier molecular flexibility index (Phi) is 5.95. The predicted molar refractivity (Wildman–Crippen MR) is 96.4 cm³/mol. The van der Waals surface area contributed by atoms with Gasteiger partial charge in [0.1, 0.15) is 5.82 Å². The van der Waals surface area contributed by atoms with Gasteiger partial charge in [-0.1, -0.05) is 6.07 Å². The number of rotatable bonds is 6. The maximum Gasteiger partial charge on any atom is 0.339 e. The Bertz CT molecular complexity index is 668. The van der Waals surface area contributed by atoms with E-state index in [0.717, 1.165) is 44.0 Å². The Hall–Kier alpha value is -2.47. The Balaban J connectivity index is 1.46. The Morgan fingerprint density at radius 3 is 2.72 bits per heavy atom. The summed E-state index contributed by atoms with van der Waals surface area (Å²) in [4.78, 5) is 22.8. The number of esters is 1. The first-order valence-corrected chi connectivity index (χ1v) is 8.76. The molecule has 1 aliphatic rings. The standard InChI is InChI=1S/C19H24N4O2/c1-2-25-19(24)15-6-7-18(21-13-15)22-16-8-11-23(12-9-16)14-17-5-3-4-10-20-17/h3-7,10,13,16H,2,8-9,11-12,14H2,1H3,(H,21,22). The zero-order chi connectivity index (χ0) is 17.5. The van der Waals surface area contributed by atoms with Gasteiger partial charge in [0.15, 0.2) is 0 Å². The molecule has 6 nitrogen and oxygen atoms in total. The molecule has 1 saturated heterocycles. The van der Waals surface area contributed by atoms with E-state index in [0.29, 0.717) is 18.2 Å². The Morgan fingerprint density at radius 1 is 1.24 bits per heavy atom. The lowest BCUT2D eigenvalue weighted by Gasteiger charge is -2.32. The second-order valence-electron chi connectivity index (χ2n) is 6.17. The van der Waals surface area contributed by atoms with Gasteiger partial charge in [0.25, 0.3) is 0 Å². The van der Waals surface area contributed by atoms with Crippen LogP contribution in [-0.2, 0) is 11.3 Å². The third-order valence-corrected chi connectivity index (χ3v) is 4.33. The predicted octanol–water partition coefficient (Wildman–Crippen LogP) is 2.73. The molecule has 2 aromatic rings. The molecule has 0 unspecified atom stereocenters. The van der Waals surface area contributed by atoms with Crippen LogP contribution in [0.2, 0.25) is 0 Å². The van der Waals surface area contributed by atoms with Crippen molar-refractivity contribution < 1.29 is 9.53 Å². The van der Waals surface area contributed by atoms with E-state index in [-0.39, 0.29) is 5.97 Å². The van der Waals surface area contributed by atoms with E-state index in [1.807, 2.05) is 24.4 Å². The molecule has 1 aliphatic heterocycles. The third kappa shape index (κ3) is 5.00. The molecule has 2 aromatic heterocycles. The zero-order valence-corrected chi connectivity index (χ0v) is 14.5. The second kappa shape index (κ2) is 8.58. The molecule has 0 amide bonds. The van der Waals surface area contributed by atoms with Gasteiger partial charge in [-0.25, -0.2) is 9.78 Å². The number of ether oxygens (including phenoxy) is 1. The number of likely N-dealkylation sites (tertiary alicyclic amines) is 1. The SMILES string of the molecule is CCOC(=O)c1ccc(NC2CCN(Cc3ccccn3)CC2)nc1. The van der Waals surface area contributed by atoms with Gasteiger partial charge in [0.2, 0.25) is 0 Å². The van der Waals surface area contributed by atoms with Crippen molar-refractivity contribution in [3.05, 3.63) is 54.0 Å². The molecule has 0 aliphatic carbocycles. The second-order valence-corrected chi connectivity index (χ2v) is 6.17. The average Bonchev–Trinajstić information content (AvgIpc) is 2.65. The van der Waals surface area contributed by atoms with Crippen molar-refractivity contribution >= 4 is 11.8 Å². The van der Waals surface area contributed by atoms with Crippen molar-refractivity contribution in [1.29, 1.82) is 0 Å². The van der Waals surface area contributed by atoms with Crippen molar-refractivity contribution in [3.8, 4) is 0 Å². The molecule has 1 N–H and O–H groups in total. The highest BCUT2D eigenvalue weighted by Crippen LogP contribution is 2.17. The molecule has 25 heavy (non-hydrogen) atoms. The quantitative estimate of drug-likeness (QED) is 0.816. The number of pyridine rings is 2. The molecule has 0 saturated carbocycles. The summed E-state index contributed by atoms with van der Waals surface area (Å²) in [5.41, 5.74) is 1.60. The van der Waals surface area contributed by atoms with Gasteiger partial charge in [0.05, 0.1) is 17.9 Å². The number of carbonyl (C=O) groups is 1. The first-order valence-electron chi connectivity index (χ1n) is 8.76. The molecule has 3 rings (SSSR count). The maximum absolute atomic E-state index is 11.6. The first kappa shape index (κ1) is 17.4. The largest absolute Gasteiger partial charge is 0.462 e. The molecule has 132 valence electrons. The van der Waals surface area contributed by atoms with Crippen LogP contribution in [0.4, 0.5) is 5.82 Å². The summed E-state index contributed by atoms with van der Waals surface area (Å²) in [7, 11) is 0. The van der Waals surface area contributed by atoms with Crippen LogP contribution in [0.5, 0.6) is 0 Å². The molecule has 1 fully saturated rings. The summed E-state index contributed by atoms with van der Waals surface area (Å²) < 4.78 is 4.97. The highest BCUT2D eigenvalue weighted by Gasteiger charge is 2.19. The number of aromatic nitrogens is 2. The normalized spacial score (nSPS) is 15.7. The van der Waals surface area contributed by atoms with Crippen molar-refractivity contribution in [2.75, 3.05) is 25.0 Å².